The Labute approximate surface area is 192 Å². The van der Waals surface area contributed by atoms with E-state index in [0.29, 0.717) is 25.1 Å². The second-order valence-corrected chi connectivity index (χ2v) is 8.03. The Morgan fingerprint density at radius 2 is 2.06 bits per heavy atom. The van der Waals surface area contributed by atoms with Gasteiger partial charge < -0.3 is 19.7 Å². The molecule has 1 aliphatic rings. The van der Waals surface area contributed by atoms with Crippen molar-refractivity contribution in [1.82, 2.24) is 15.2 Å². The van der Waals surface area contributed by atoms with Gasteiger partial charge >= 0.3 is 0 Å². The number of likely N-dealkylation sites (N-methyl/N-ethyl adjacent to an activating group) is 1. The van der Waals surface area contributed by atoms with Crippen LogP contribution >= 0.6 is 0 Å². The lowest BCUT2D eigenvalue weighted by Crippen LogP contribution is -2.46. The lowest BCUT2D eigenvalue weighted by molar-refractivity contribution is -0.125. The minimum Gasteiger partial charge on any atom is -0.493 e. The minimum atomic E-state index is -0.656. The van der Waals surface area contributed by atoms with Gasteiger partial charge in [0.15, 0.2) is 0 Å². The number of rotatable bonds is 10. The van der Waals surface area contributed by atoms with Gasteiger partial charge in [-0.3, -0.25) is 14.6 Å². The quantitative estimate of drug-likeness (QED) is 0.382. The molecule has 0 aliphatic carbocycles. The van der Waals surface area contributed by atoms with E-state index >= 15 is 0 Å². The van der Waals surface area contributed by atoms with E-state index in [1.165, 1.54) is 0 Å². The molecule has 7 nitrogen and oxygen atoms in total. The molecular weight excluding hydrogens is 418 g/mol. The largest absolute Gasteiger partial charge is 0.493 e. The summed E-state index contributed by atoms with van der Waals surface area (Å²) in [5, 5.41) is 3.60. The average Bonchev–Trinajstić information content (AvgIpc) is 3.19. The summed E-state index contributed by atoms with van der Waals surface area (Å²) in [6.45, 7) is 0.909. The summed E-state index contributed by atoms with van der Waals surface area (Å²) in [7, 11) is 1.54. The fraction of sp³-hybridized carbons (Fsp3) is 0.308. The number of para-hydroxylation sites is 1. The van der Waals surface area contributed by atoms with Crippen molar-refractivity contribution in [3.63, 3.8) is 0 Å². The molecule has 1 aromatic heterocycles. The van der Waals surface area contributed by atoms with Gasteiger partial charge in [-0.1, -0.05) is 24.3 Å². The first-order chi connectivity index (χ1) is 16.1. The number of hydrogen-bond donors (Lipinski definition) is 1. The third kappa shape index (κ3) is 4.72. The molecule has 0 fully saturated rings. The van der Waals surface area contributed by atoms with Crippen molar-refractivity contribution in [3.05, 3.63) is 71.4 Å². The number of ether oxygens (including phenoxy) is 1. The smallest absolute Gasteiger partial charge is 0.255 e. The highest BCUT2D eigenvalue weighted by Crippen LogP contribution is 2.30. The minimum absolute atomic E-state index is 0.161. The van der Waals surface area contributed by atoms with E-state index in [4.69, 9.17) is 4.74 Å². The van der Waals surface area contributed by atoms with Gasteiger partial charge in [-0.15, -0.1) is 0 Å². The van der Waals surface area contributed by atoms with E-state index < -0.39 is 6.04 Å². The number of aldehydes is 1. The van der Waals surface area contributed by atoms with Crippen LogP contribution in [0.2, 0.25) is 0 Å². The van der Waals surface area contributed by atoms with Gasteiger partial charge in [-0.05, 0) is 54.7 Å². The molecule has 170 valence electrons. The Morgan fingerprint density at radius 3 is 2.88 bits per heavy atom. The summed E-state index contributed by atoms with van der Waals surface area (Å²) in [6.07, 6.45) is 4.60. The van der Waals surface area contributed by atoms with Crippen molar-refractivity contribution in [2.24, 2.45) is 0 Å². The molecule has 2 amide bonds. The molecule has 0 bridgehead atoms. The van der Waals surface area contributed by atoms with Gasteiger partial charge in [0, 0.05) is 37.2 Å². The number of hydrogen-bond acceptors (Lipinski definition) is 5. The van der Waals surface area contributed by atoms with Crippen LogP contribution in [0.3, 0.4) is 0 Å². The molecule has 1 aliphatic heterocycles. The molecule has 1 unspecified atom stereocenters. The summed E-state index contributed by atoms with van der Waals surface area (Å²) in [5.41, 5.74) is 3.57. The van der Waals surface area contributed by atoms with Crippen LogP contribution in [-0.4, -0.2) is 47.7 Å². The third-order valence-corrected chi connectivity index (χ3v) is 6.03. The first-order valence-electron chi connectivity index (χ1n) is 11.2. The van der Waals surface area contributed by atoms with Crippen molar-refractivity contribution >= 4 is 29.0 Å². The number of aryl methyl sites for hydroxylation is 1. The van der Waals surface area contributed by atoms with Crippen molar-refractivity contribution in [3.8, 4) is 5.75 Å². The molecule has 0 saturated carbocycles. The van der Waals surface area contributed by atoms with Gasteiger partial charge in [0.1, 0.15) is 18.1 Å². The number of carbonyl (C=O) groups is 3. The predicted octanol–water partition coefficient (Wildman–Crippen LogP) is 3.30. The molecular formula is C26H27N3O4. The van der Waals surface area contributed by atoms with Crippen LogP contribution in [0.15, 0.2) is 54.7 Å². The second-order valence-electron chi connectivity index (χ2n) is 8.03. The average molecular weight is 446 g/mol. The van der Waals surface area contributed by atoms with Crippen LogP contribution in [-0.2, 0) is 22.6 Å². The van der Waals surface area contributed by atoms with Crippen molar-refractivity contribution in [2.75, 3.05) is 13.7 Å². The van der Waals surface area contributed by atoms with Gasteiger partial charge in [0.25, 0.3) is 5.91 Å². The highest BCUT2D eigenvalue weighted by Gasteiger charge is 2.36. The fourth-order valence-electron chi connectivity index (χ4n) is 4.37. The number of amides is 2. The first-order valence-corrected chi connectivity index (χ1v) is 11.2. The Balaban J connectivity index is 1.43. The van der Waals surface area contributed by atoms with E-state index in [-0.39, 0.29) is 18.2 Å². The van der Waals surface area contributed by atoms with Crippen LogP contribution in [0.4, 0.5) is 0 Å². The highest BCUT2D eigenvalue weighted by atomic mass is 16.5. The molecule has 7 heteroatoms. The zero-order chi connectivity index (χ0) is 23.2. The number of nitrogens with one attached hydrogen (secondary N) is 1. The number of nitrogens with zero attached hydrogens (tertiary/aromatic N) is 2. The van der Waals surface area contributed by atoms with Crippen molar-refractivity contribution < 1.29 is 19.1 Å². The topological polar surface area (TPSA) is 88.6 Å². The molecule has 1 N–H and O–H groups in total. The Kier molecular flexibility index (Phi) is 6.98. The van der Waals surface area contributed by atoms with E-state index in [1.54, 1.807) is 24.2 Å². The SMILES string of the molecule is CNC(=O)C(CCC=O)N1Cc2c(CCCOc3ccnc4ccccc34)cccc2C1=O. The number of carbonyl (C=O) groups excluding carboxylic acids is 3. The van der Waals surface area contributed by atoms with E-state index in [1.807, 2.05) is 42.5 Å². The number of pyridine rings is 1. The summed E-state index contributed by atoms with van der Waals surface area (Å²) in [6, 6.07) is 14.8. The zero-order valence-corrected chi connectivity index (χ0v) is 18.6. The van der Waals surface area contributed by atoms with E-state index in [0.717, 1.165) is 46.9 Å². The first kappa shape index (κ1) is 22.5. The molecule has 33 heavy (non-hydrogen) atoms. The molecule has 2 heterocycles. The normalized spacial score (nSPS) is 13.6. The van der Waals surface area contributed by atoms with Crippen molar-refractivity contribution in [1.29, 1.82) is 0 Å². The molecule has 0 spiro atoms. The van der Waals surface area contributed by atoms with Crippen molar-refractivity contribution in [2.45, 2.75) is 38.3 Å². The summed E-state index contributed by atoms with van der Waals surface area (Å²) in [5.74, 6) is 0.396. The Morgan fingerprint density at radius 1 is 1.21 bits per heavy atom. The lowest BCUT2D eigenvalue weighted by atomic mass is 10.00. The van der Waals surface area contributed by atoms with Gasteiger partial charge in [0.05, 0.1) is 12.1 Å². The summed E-state index contributed by atoms with van der Waals surface area (Å²) >= 11 is 0. The van der Waals surface area contributed by atoms with Gasteiger partial charge in [0.2, 0.25) is 5.91 Å². The fourth-order valence-corrected chi connectivity index (χ4v) is 4.37. The second kappa shape index (κ2) is 10.3. The molecule has 1 atom stereocenters. The third-order valence-electron chi connectivity index (χ3n) is 6.03. The van der Waals surface area contributed by atoms with E-state index in [9.17, 15) is 14.4 Å². The number of fused-ring (bicyclic) bond motifs is 2. The van der Waals surface area contributed by atoms with Crippen LogP contribution in [0, 0.1) is 0 Å². The standard InChI is InChI=1S/C26H27N3O4/c1-27-25(31)23(12-5-15-30)29-17-21-18(7-4-10-19(21)26(29)32)8-6-16-33-24-13-14-28-22-11-3-2-9-20(22)24/h2-4,7,9-11,13-15,23H,5-6,8,12,16-17H2,1H3,(H,27,31). The van der Waals surface area contributed by atoms with Crippen LogP contribution in [0.25, 0.3) is 10.9 Å². The predicted molar refractivity (Wildman–Crippen MR) is 125 cm³/mol. The molecule has 3 aromatic rings. The number of aromatic nitrogens is 1. The maximum atomic E-state index is 13.0. The summed E-state index contributed by atoms with van der Waals surface area (Å²) in [4.78, 5) is 42.2. The van der Waals surface area contributed by atoms with Crippen LogP contribution < -0.4 is 10.1 Å². The Hall–Kier alpha value is -3.74. The lowest BCUT2D eigenvalue weighted by Gasteiger charge is -2.25. The van der Waals surface area contributed by atoms with Gasteiger partial charge in [-0.25, -0.2) is 0 Å². The monoisotopic (exact) mass is 445 g/mol. The highest BCUT2D eigenvalue weighted by molar-refractivity contribution is 6.01. The summed E-state index contributed by atoms with van der Waals surface area (Å²) < 4.78 is 6.03. The van der Waals surface area contributed by atoms with Crippen LogP contribution in [0.5, 0.6) is 5.75 Å². The number of benzene rings is 2. The molecule has 0 radical (unpaired) electrons. The van der Waals surface area contributed by atoms with Gasteiger partial charge in [-0.2, -0.15) is 0 Å². The molecule has 2 aromatic carbocycles. The maximum Gasteiger partial charge on any atom is 0.255 e. The maximum absolute atomic E-state index is 13.0. The van der Waals surface area contributed by atoms with E-state index in [2.05, 4.69) is 10.3 Å². The Bertz CT molecular complexity index is 1170. The zero-order valence-electron chi connectivity index (χ0n) is 18.6. The molecule has 0 saturated heterocycles. The molecule has 4 rings (SSSR count). The van der Waals surface area contributed by atoms with Crippen LogP contribution in [0.1, 0.15) is 40.7 Å².